The molecule has 0 aliphatic carbocycles. The first-order valence-electron chi connectivity index (χ1n) is 9.36. The van der Waals surface area contributed by atoms with Gasteiger partial charge in [0.15, 0.2) is 11.3 Å². The molecule has 1 aromatic carbocycles. The van der Waals surface area contributed by atoms with Gasteiger partial charge in [-0.3, -0.25) is 9.20 Å². The van der Waals surface area contributed by atoms with Crippen LogP contribution in [0.25, 0.3) is 22.4 Å². The molecule has 29 heavy (non-hydrogen) atoms. The Hall–Kier alpha value is -3.11. The zero-order valence-electron chi connectivity index (χ0n) is 15.8. The van der Waals surface area contributed by atoms with Crippen molar-refractivity contribution in [2.45, 2.75) is 18.9 Å². The van der Waals surface area contributed by atoms with Gasteiger partial charge in [-0.05, 0) is 24.6 Å². The molecule has 0 saturated carbocycles. The average Bonchev–Trinajstić information content (AvgIpc) is 3.46. The van der Waals surface area contributed by atoms with Crippen LogP contribution < -0.4 is 5.56 Å². The van der Waals surface area contributed by atoms with E-state index in [1.54, 1.807) is 30.1 Å². The minimum Gasteiger partial charge on any atom is -0.383 e. The fraction of sp³-hybridized carbons (Fsp3) is 0.368. The molecule has 1 atom stereocenters. The molecule has 1 saturated heterocycles. The molecule has 1 aliphatic heterocycles. The van der Waals surface area contributed by atoms with E-state index in [9.17, 15) is 9.18 Å². The maximum atomic E-state index is 13.9. The molecule has 1 aliphatic rings. The van der Waals surface area contributed by atoms with Gasteiger partial charge in [0.1, 0.15) is 12.1 Å². The zero-order chi connectivity index (χ0) is 20.0. The molecule has 150 valence electrons. The second kappa shape index (κ2) is 7.05. The molecule has 3 aromatic heterocycles. The summed E-state index contributed by atoms with van der Waals surface area (Å²) in [5, 5.41) is 8.42. The molecule has 4 heterocycles. The van der Waals surface area contributed by atoms with E-state index in [2.05, 4.69) is 15.3 Å². The number of imidazole rings is 1. The van der Waals surface area contributed by atoms with Crippen molar-refractivity contribution in [3.8, 4) is 5.82 Å². The summed E-state index contributed by atoms with van der Waals surface area (Å²) in [4.78, 5) is 17.7. The highest BCUT2D eigenvalue weighted by molar-refractivity contribution is 5.81. The van der Waals surface area contributed by atoms with Crippen molar-refractivity contribution in [1.82, 2.24) is 28.9 Å². The first-order chi connectivity index (χ1) is 14.2. The van der Waals surface area contributed by atoms with Crippen molar-refractivity contribution in [2.75, 3.05) is 26.9 Å². The summed E-state index contributed by atoms with van der Waals surface area (Å²) in [5.41, 5.74) is 2.01. The van der Waals surface area contributed by atoms with Crippen LogP contribution in [0.5, 0.6) is 0 Å². The molecule has 1 fully saturated rings. The van der Waals surface area contributed by atoms with Crippen LogP contribution in [0.1, 0.15) is 18.0 Å². The SMILES string of the molecule is COCCn1c(=O)c2c(-n3cc(C4CCOC4)nn3)ncn2c2ccc(F)cc21. The normalized spacial score (nSPS) is 17.0. The Bertz CT molecular complexity index is 1250. The van der Waals surface area contributed by atoms with E-state index in [0.717, 1.165) is 12.1 Å². The largest absolute Gasteiger partial charge is 0.383 e. The number of fused-ring (bicyclic) bond motifs is 3. The summed E-state index contributed by atoms with van der Waals surface area (Å²) in [5.74, 6) is 0.160. The molecule has 5 rings (SSSR count). The van der Waals surface area contributed by atoms with E-state index >= 15 is 0 Å². The van der Waals surface area contributed by atoms with Crippen LogP contribution in [0.3, 0.4) is 0 Å². The highest BCUT2D eigenvalue weighted by atomic mass is 19.1. The standard InChI is InChI=1S/C19H19FN6O3/c1-28-7-5-24-16-8-13(20)2-3-15(16)25-11-21-18(17(25)19(24)27)26-9-14(22-23-26)12-4-6-29-10-12/h2-3,8-9,11-12H,4-7,10H2,1H3. The number of aromatic nitrogens is 6. The van der Waals surface area contributed by atoms with E-state index in [4.69, 9.17) is 9.47 Å². The number of methoxy groups -OCH3 is 1. The zero-order valence-corrected chi connectivity index (χ0v) is 15.8. The summed E-state index contributed by atoms with van der Waals surface area (Å²) in [6, 6.07) is 4.34. The van der Waals surface area contributed by atoms with Crippen molar-refractivity contribution in [3.63, 3.8) is 0 Å². The Balaban J connectivity index is 1.72. The van der Waals surface area contributed by atoms with Gasteiger partial charge in [-0.15, -0.1) is 5.10 Å². The molecule has 4 aromatic rings. The Morgan fingerprint density at radius 1 is 1.34 bits per heavy atom. The minimum absolute atomic E-state index is 0.194. The van der Waals surface area contributed by atoms with E-state index in [1.165, 1.54) is 21.4 Å². The van der Waals surface area contributed by atoms with Gasteiger partial charge >= 0.3 is 0 Å². The third-order valence-corrected chi connectivity index (χ3v) is 5.28. The lowest BCUT2D eigenvalue weighted by atomic mass is 10.1. The van der Waals surface area contributed by atoms with Gasteiger partial charge in [-0.25, -0.2) is 9.37 Å². The van der Waals surface area contributed by atoms with Crippen LogP contribution in [0, 0.1) is 5.82 Å². The molecule has 0 bridgehead atoms. The third-order valence-electron chi connectivity index (χ3n) is 5.28. The summed E-state index contributed by atoms with van der Waals surface area (Å²) in [6.07, 6.45) is 4.23. The van der Waals surface area contributed by atoms with Gasteiger partial charge < -0.3 is 14.0 Å². The number of halogens is 1. The van der Waals surface area contributed by atoms with Crippen LogP contribution in [-0.4, -0.2) is 55.9 Å². The van der Waals surface area contributed by atoms with Crippen LogP contribution in [0.4, 0.5) is 4.39 Å². The Kier molecular flexibility index (Phi) is 4.36. The molecule has 0 radical (unpaired) electrons. The van der Waals surface area contributed by atoms with Gasteiger partial charge in [0.25, 0.3) is 5.56 Å². The van der Waals surface area contributed by atoms with Crippen molar-refractivity contribution in [2.24, 2.45) is 0 Å². The first kappa shape index (κ1) is 18.0. The van der Waals surface area contributed by atoms with E-state index in [0.29, 0.717) is 48.7 Å². The van der Waals surface area contributed by atoms with Gasteiger partial charge in [0, 0.05) is 26.2 Å². The number of hydrogen-bond acceptors (Lipinski definition) is 6. The number of nitrogens with zero attached hydrogens (tertiary/aromatic N) is 6. The lowest BCUT2D eigenvalue weighted by Crippen LogP contribution is -2.25. The number of rotatable bonds is 5. The Morgan fingerprint density at radius 3 is 3.03 bits per heavy atom. The van der Waals surface area contributed by atoms with Crippen LogP contribution in [-0.2, 0) is 16.0 Å². The molecule has 1 unspecified atom stereocenters. The fourth-order valence-electron chi connectivity index (χ4n) is 3.78. The first-order valence-corrected chi connectivity index (χ1v) is 9.36. The Morgan fingerprint density at radius 2 is 2.24 bits per heavy atom. The lowest BCUT2D eigenvalue weighted by molar-refractivity contribution is 0.187. The summed E-state index contributed by atoms with van der Waals surface area (Å²) in [6.45, 7) is 1.93. The summed E-state index contributed by atoms with van der Waals surface area (Å²) < 4.78 is 29.1. The van der Waals surface area contributed by atoms with Crippen molar-refractivity contribution >= 4 is 16.6 Å². The van der Waals surface area contributed by atoms with Crippen molar-refractivity contribution < 1.29 is 13.9 Å². The maximum Gasteiger partial charge on any atom is 0.279 e. The monoisotopic (exact) mass is 398 g/mol. The smallest absolute Gasteiger partial charge is 0.279 e. The predicted molar refractivity (Wildman–Crippen MR) is 102 cm³/mol. The minimum atomic E-state index is -0.414. The fourth-order valence-corrected chi connectivity index (χ4v) is 3.78. The van der Waals surface area contributed by atoms with Gasteiger partial charge in [-0.1, -0.05) is 5.21 Å². The molecule has 0 N–H and O–H groups in total. The van der Waals surface area contributed by atoms with Crippen LogP contribution >= 0.6 is 0 Å². The van der Waals surface area contributed by atoms with Gasteiger partial charge in [0.05, 0.1) is 36.1 Å². The number of benzene rings is 1. The molecule has 0 amide bonds. The highest BCUT2D eigenvalue weighted by Gasteiger charge is 2.23. The molecule has 0 spiro atoms. The average molecular weight is 398 g/mol. The Labute approximate surface area is 164 Å². The predicted octanol–water partition coefficient (Wildman–Crippen LogP) is 1.52. The third kappa shape index (κ3) is 2.91. The van der Waals surface area contributed by atoms with E-state index < -0.39 is 5.82 Å². The lowest BCUT2D eigenvalue weighted by Gasteiger charge is -2.12. The topological polar surface area (TPSA) is 88.5 Å². The van der Waals surface area contributed by atoms with Crippen molar-refractivity contribution in [3.05, 3.63) is 52.6 Å². The summed E-state index contributed by atoms with van der Waals surface area (Å²) in [7, 11) is 1.56. The number of ether oxygens (including phenoxy) is 2. The summed E-state index contributed by atoms with van der Waals surface area (Å²) >= 11 is 0. The van der Waals surface area contributed by atoms with Gasteiger partial charge in [-0.2, -0.15) is 4.68 Å². The second-order valence-corrected chi connectivity index (χ2v) is 7.02. The van der Waals surface area contributed by atoms with Crippen molar-refractivity contribution in [1.29, 1.82) is 0 Å². The van der Waals surface area contributed by atoms with Crippen LogP contribution in [0.2, 0.25) is 0 Å². The van der Waals surface area contributed by atoms with Crippen LogP contribution in [0.15, 0.2) is 35.5 Å². The number of hydrogen-bond donors (Lipinski definition) is 0. The second-order valence-electron chi connectivity index (χ2n) is 7.02. The van der Waals surface area contributed by atoms with Gasteiger partial charge in [0.2, 0.25) is 0 Å². The molecule has 9 nitrogen and oxygen atoms in total. The molecular weight excluding hydrogens is 379 g/mol. The maximum absolute atomic E-state index is 13.9. The van der Waals surface area contributed by atoms with E-state index in [1.807, 2.05) is 0 Å². The molecule has 10 heteroatoms. The highest BCUT2D eigenvalue weighted by Crippen LogP contribution is 2.24. The quantitative estimate of drug-likeness (QED) is 0.507. The molecular formula is C19H19FN6O3. The van der Waals surface area contributed by atoms with E-state index in [-0.39, 0.29) is 11.5 Å².